The number of hydrogen-bond donors (Lipinski definition) is 1. The highest BCUT2D eigenvalue weighted by Crippen LogP contribution is 2.31. The highest BCUT2D eigenvalue weighted by atomic mass is 32.1. The van der Waals surface area contributed by atoms with Crippen LogP contribution < -0.4 is 5.32 Å². The van der Waals surface area contributed by atoms with Crippen LogP contribution in [0.3, 0.4) is 0 Å². The molecule has 5 rings (SSSR count). The number of para-hydroxylation sites is 1. The molecule has 5 aromatic rings. The normalized spacial score (nSPS) is 11.4. The summed E-state index contributed by atoms with van der Waals surface area (Å²) in [6.07, 6.45) is 3.63. The van der Waals surface area contributed by atoms with Gasteiger partial charge >= 0.3 is 0 Å². The van der Waals surface area contributed by atoms with Gasteiger partial charge in [0.05, 0.1) is 0 Å². The number of aryl methyl sites for hydroxylation is 2. The minimum atomic E-state index is 0.573. The fourth-order valence-electron chi connectivity index (χ4n) is 3.61. The lowest BCUT2D eigenvalue weighted by molar-refractivity contribution is 0.827. The van der Waals surface area contributed by atoms with Gasteiger partial charge in [-0.05, 0) is 44.2 Å². The Morgan fingerprint density at radius 3 is 2.68 bits per heavy atom. The zero-order valence-corrected chi connectivity index (χ0v) is 16.5. The lowest BCUT2D eigenvalue weighted by Gasteiger charge is -2.07. The summed E-state index contributed by atoms with van der Waals surface area (Å²) in [4.78, 5) is 14.6. The summed E-state index contributed by atoms with van der Waals surface area (Å²) < 4.78 is 2.34. The predicted octanol–water partition coefficient (Wildman–Crippen LogP) is 5.78. The third-order valence-corrected chi connectivity index (χ3v) is 5.78. The maximum Gasteiger partial charge on any atom is 0.227 e. The van der Waals surface area contributed by atoms with E-state index in [1.165, 1.54) is 26.7 Å². The average molecular weight is 385 g/mol. The summed E-state index contributed by atoms with van der Waals surface area (Å²) >= 11 is 1.63. The third-order valence-electron chi connectivity index (χ3n) is 4.84. The van der Waals surface area contributed by atoms with Crippen molar-refractivity contribution in [1.29, 1.82) is 0 Å². The van der Waals surface area contributed by atoms with Crippen LogP contribution >= 0.6 is 11.3 Å². The predicted molar refractivity (Wildman–Crippen MR) is 116 cm³/mol. The number of nitrogens with one attached hydrogen (secondary N) is 1. The molecule has 5 nitrogen and oxygen atoms in total. The van der Waals surface area contributed by atoms with Crippen molar-refractivity contribution in [3.05, 3.63) is 65.8 Å². The highest BCUT2D eigenvalue weighted by molar-refractivity contribution is 7.14. The second kappa shape index (κ2) is 6.73. The van der Waals surface area contributed by atoms with Crippen LogP contribution in [0.5, 0.6) is 0 Å². The van der Waals surface area contributed by atoms with E-state index in [0.717, 1.165) is 22.9 Å². The second-order valence-corrected chi connectivity index (χ2v) is 7.89. The molecular weight excluding hydrogens is 366 g/mol. The number of nitrogens with zero attached hydrogens (tertiary/aromatic N) is 4. The van der Waals surface area contributed by atoms with Crippen LogP contribution in [0.2, 0.25) is 0 Å². The molecule has 1 N–H and O–H groups in total. The van der Waals surface area contributed by atoms with E-state index in [1.54, 1.807) is 17.5 Å². The molecule has 0 amide bonds. The summed E-state index contributed by atoms with van der Waals surface area (Å²) in [7, 11) is 0. The topological polar surface area (TPSA) is 55.6 Å². The van der Waals surface area contributed by atoms with Crippen LogP contribution in [0.15, 0.2) is 60.9 Å². The Kier molecular flexibility index (Phi) is 4.06. The first-order valence-electron chi connectivity index (χ1n) is 9.27. The number of thiazole rings is 1. The Hall–Kier alpha value is -3.25. The van der Waals surface area contributed by atoms with Crippen molar-refractivity contribution < 1.29 is 0 Å². The van der Waals surface area contributed by atoms with Gasteiger partial charge in [0.1, 0.15) is 10.7 Å². The van der Waals surface area contributed by atoms with Crippen molar-refractivity contribution in [2.24, 2.45) is 0 Å². The molecule has 0 unspecified atom stereocenters. The molecule has 28 heavy (non-hydrogen) atoms. The zero-order valence-electron chi connectivity index (χ0n) is 15.7. The van der Waals surface area contributed by atoms with Crippen LogP contribution in [0.4, 0.5) is 11.6 Å². The van der Waals surface area contributed by atoms with Gasteiger partial charge < -0.3 is 9.88 Å². The Morgan fingerprint density at radius 2 is 1.86 bits per heavy atom. The van der Waals surface area contributed by atoms with Gasteiger partial charge in [0, 0.05) is 51.3 Å². The molecule has 0 radical (unpaired) electrons. The number of aromatic nitrogens is 4. The first-order chi connectivity index (χ1) is 13.7. The number of benzene rings is 2. The molecule has 2 aromatic carbocycles. The van der Waals surface area contributed by atoms with Crippen LogP contribution in [-0.2, 0) is 6.54 Å². The number of rotatable bonds is 4. The summed E-state index contributed by atoms with van der Waals surface area (Å²) in [5, 5.41) is 6.75. The third kappa shape index (κ3) is 2.82. The van der Waals surface area contributed by atoms with E-state index in [9.17, 15) is 0 Å². The molecule has 3 aromatic heterocycles. The molecule has 0 bridgehead atoms. The van der Waals surface area contributed by atoms with Gasteiger partial charge in [0.15, 0.2) is 0 Å². The fraction of sp³-hybridized carbons (Fsp3) is 0.136. The van der Waals surface area contributed by atoms with Crippen molar-refractivity contribution in [3.8, 4) is 10.7 Å². The largest absolute Gasteiger partial charge is 0.341 e. The van der Waals surface area contributed by atoms with Crippen LogP contribution in [-0.4, -0.2) is 19.5 Å². The smallest absolute Gasteiger partial charge is 0.227 e. The standard InChI is InChI=1S/C22H19N5S/c1-3-27-19-7-5-4-6-16(19)17-12-15(8-9-20(17)27)25-22-23-11-10-18(26-22)21-24-13-14(2)28-21/h4-13H,3H2,1-2H3,(H,23,25,26). The summed E-state index contributed by atoms with van der Waals surface area (Å²) in [5.41, 5.74) is 4.30. The highest BCUT2D eigenvalue weighted by Gasteiger charge is 2.11. The van der Waals surface area contributed by atoms with Gasteiger partial charge in [0.25, 0.3) is 0 Å². The zero-order chi connectivity index (χ0) is 19.1. The molecule has 138 valence electrons. The van der Waals surface area contributed by atoms with Gasteiger partial charge in [-0.15, -0.1) is 11.3 Å². The summed E-state index contributed by atoms with van der Waals surface area (Å²) in [6, 6.07) is 16.8. The van der Waals surface area contributed by atoms with E-state index in [1.807, 2.05) is 19.2 Å². The second-order valence-electron chi connectivity index (χ2n) is 6.66. The Bertz CT molecular complexity index is 1300. The molecule has 0 aliphatic carbocycles. The van der Waals surface area contributed by atoms with Gasteiger partial charge in [0.2, 0.25) is 5.95 Å². The molecule has 0 aliphatic rings. The van der Waals surface area contributed by atoms with Crippen LogP contribution in [0.1, 0.15) is 11.8 Å². The van der Waals surface area contributed by atoms with E-state index in [4.69, 9.17) is 0 Å². The van der Waals surface area contributed by atoms with Crippen LogP contribution in [0, 0.1) is 6.92 Å². The molecule has 0 aliphatic heterocycles. The molecular formula is C22H19N5S. The number of anilines is 2. The van der Waals surface area contributed by atoms with Crippen molar-refractivity contribution >= 4 is 44.8 Å². The van der Waals surface area contributed by atoms with Crippen molar-refractivity contribution in [2.45, 2.75) is 20.4 Å². The Labute approximate surface area is 166 Å². The van der Waals surface area contributed by atoms with Gasteiger partial charge in [-0.2, -0.15) is 0 Å². The summed E-state index contributed by atoms with van der Waals surface area (Å²) in [5.74, 6) is 0.573. The van der Waals surface area contributed by atoms with Crippen molar-refractivity contribution in [3.63, 3.8) is 0 Å². The van der Waals surface area contributed by atoms with E-state index in [0.29, 0.717) is 5.95 Å². The lowest BCUT2D eigenvalue weighted by atomic mass is 10.1. The molecule has 0 spiro atoms. The van der Waals surface area contributed by atoms with E-state index < -0.39 is 0 Å². The first kappa shape index (κ1) is 16.9. The Morgan fingerprint density at radius 1 is 1.00 bits per heavy atom. The lowest BCUT2D eigenvalue weighted by Crippen LogP contribution is -1.98. The van der Waals surface area contributed by atoms with Gasteiger partial charge in [-0.25, -0.2) is 15.0 Å². The SMILES string of the molecule is CCn1c2ccccc2c2cc(Nc3nccc(-c4ncc(C)s4)n3)ccc21. The monoisotopic (exact) mass is 385 g/mol. The maximum absolute atomic E-state index is 4.64. The molecule has 3 heterocycles. The molecule has 0 fully saturated rings. The minimum Gasteiger partial charge on any atom is -0.341 e. The minimum absolute atomic E-state index is 0.573. The molecule has 0 saturated heterocycles. The summed E-state index contributed by atoms with van der Waals surface area (Å²) in [6.45, 7) is 5.16. The van der Waals surface area contributed by atoms with E-state index in [2.05, 4.69) is 74.2 Å². The van der Waals surface area contributed by atoms with Crippen LogP contribution in [0.25, 0.3) is 32.5 Å². The van der Waals surface area contributed by atoms with E-state index in [-0.39, 0.29) is 0 Å². The van der Waals surface area contributed by atoms with Crippen molar-refractivity contribution in [1.82, 2.24) is 19.5 Å². The quantitative estimate of drug-likeness (QED) is 0.426. The molecule has 6 heteroatoms. The van der Waals surface area contributed by atoms with Crippen molar-refractivity contribution in [2.75, 3.05) is 5.32 Å². The maximum atomic E-state index is 4.64. The van der Waals surface area contributed by atoms with E-state index >= 15 is 0 Å². The number of fused-ring (bicyclic) bond motifs is 3. The first-order valence-corrected chi connectivity index (χ1v) is 10.1. The Balaban J connectivity index is 1.55. The van der Waals surface area contributed by atoms with Gasteiger partial charge in [-0.1, -0.05) is 18.2 Å². The molecule has 0 saturated carbocycles. The fourth-order valence-corrected chi connectivity index (χ4v) is 4.35. The van der Waals surface area contributed by atoms with Gasteiger partial charge in [-0.3, -0.25) is 0 Å². The average Bonchev–Trinajstić information content (AvgIpc) is 3.29. The molecule has 0 atom stereocenters. The number of hydrogen-bond acceptors (Lipinski definition) is 5.